The summed E-state index contributed by atoms with van der Waals surface area (Å²) in [6.07, 6.45) is 1.61. The molecule has 2 aromatic carbocycles. The summed E-state index contributed by atoms with van der Waals surface area (Å²) in [5.74, 6) is -0.713. The number of aryl methyl sites for hydroxylation is 1. The van der Waals surface area contributed by atoms with Crippen molar-refractivity contribution in [1.29, 1.82) is 0 Å². The van der Waals surface area contributed by atoms with E-state index in [1.54, 1.807) is 29.1 Å². The Kier molecular flexibility index (Phi) is 6.65. The molecule has 0 aliphatic carbocycles. The minimum Gasteiger partial charge on any atom is -0.347 e. The number of carbonyl (C=O) groups excluding carboxylic acids is 1. The molecule has 2 heterocycles. The summed E-state index contributed by atoms with van der Waals surface area (Å²) in [5, 5.41) is 7.46. The van der Waals surface area contributed by atoms with E-state index < -0.39 is 10.0 Å². The highest BCUT2D eigenvalue weighted by atomic mass is 32.2. The summed E-state index contributed by atoms with van der Waals surface area (Å²) >= 11 is 1.11. The van der Waals surface area contributed by atoms with Crippen LogP contribution in [0.25, 0.3) is 16.9 Å². The lowest BCUT2D eigenvalue weighted by atomic mass is 10.1. The van der Waals surface area contributed by atoms with E-state index in [2.05, 4.69) is 10.4 Å². The van der Waals surface area contributed by atoms with Crippen LogP contribution in [0.3, 0.4) is 0 Å². The number of amides is 1. The van der Waals surface area contributed by atoms with E-state index in [0.29, 0.717) is 21.8 Å². The Labute approximate surface area is 201 Å². The maximum Gasteiger partial charge on any atom is 0.255 e. The lowest BCUT2D eigenvalue weighted by molar-refractivity contribution is 0.0952. The Morgan fingerprint density at radius 2 is 1.85 bits per heavy atom. The molecular weight excluding hydrogens is 475 g/mol. The maximum absolute atomic E-state index is 13.4. The molecule has 2 aromatic heterocycles. The summed E-state index contributed by atoms with van der Waals surface area (Å²) < 4.78 is 40.9. The molecule has 0 radical (unpaired) electrons. The molecule has 0 saturated carbocycles. The first kappa shape index (κ1) is 23.8. The second-order valence-electron chi connectivity index (χ2n) is 7.87. The number of benzene rings is 2. The zero-order chi connectivity index (χ0) is 24.5. The number of carbonyl (C=O) groups is 1. The molecule has 4 rings (SSSR count). The zero-order valence-corrected chi connectivity index (χ0v) is 20.5. The fourth-order valence-corrected chi connectivity index (χ4v) is 5.77. The van der Waals surface area contributed by atoms with Gasteiger partial charge in [-0.1, -0.05) is 23.8 Å². The molecule has 34 heavy (non-hydrogen) atoms. The second-order valence-corrected chi connectivity index (χ2v) is 11.4. The van der Waals surface area contributed by atoms with E-state index in [1.807, 2.05) is 31.2 Å². The molecular formula is C24H23FN4O3S2. The van der Waals surface area contributed by atoms with Crippen LogP contribution in [0.15, 0.2) is 71.1 Å². The number of aromatic nitrogens is 2. The van der Waals surface area contributed by atoms with E-state index >= 15 is 0 Å². The highest BCUT2D eigenvalue weighted by Gasteiger charge is 2.21. The van der Waals surface area contributed by atoms with Gasteiger partial charge >= 0.3 is 0 Å². The largest absolute Gasteiger partial charge is 0.347 e. The van der Waals surface area contributed by atoms with Crippen LogP contribution < -0.4 is 5.32 Å². The summed E-state index contributed by atoms with van der Waals surface area (Å²) in [4.78, 5) is 13.9. The Balaban J connectivity index is 1.63. The van der Waals surface area contributed by atoms with E-state index in [0.717, 1.165) is 26.8 Å². The Morgan fingerprint density at radius 3 is 2.53 bits per heavy atom. The highest BCUT2D eigenvalue weighted by molar-refractivity contribution is 7.91. The molecule has 0 atom stereocenters. The first-order valence-electron chi connectivity index (χ1n) is 10.4. The van der Waals surface area contributed by atoms with Gasteiger partial charge in [0.2, 0.25) is 0 Å². The predicted molar refractivity (Wildman–Crippen MR) is 130 cm³/mol. The Morgan fingerprint density at radius 1 is 1.12 bits per heavy atom. The van der Waals surface area contributed by atoms with Gasteiger partial charge in [0, 0.05) is 30.7 Å². The third kappa shape index (κ3) is 4.93. The smallest absolute Gasteiger partial charge is 0.255 e. The highest BCUT2D eigenvalue weighted by Crippen LogP contribution is 2.26. The van der Waals surface area contributed by atoms with E-state index in [9.17, 15) is 17.6 Å². The van der Waals surface area contributed by atoms with Crippen molar-refractivity contribution in [1.82, 2.24) is 19.4 Å². The molecule has 0 spiro atoms. The van der Waals surface area contributed by atoms with E-state index in [4.69, 9.17) is 0 Å². The number of sulfonamides is 1. The van der Waals surface area contributed by atoms with Gasteiger partial charge in [-0.3, -0.25) is 4.79 Å². The molecule has 1 amide bonds. The average Bonchev–Trinajstić information content (AvgIpc) is 3.46. The maximum atomic E-state index is 13.4. The fourth-order valence-electron chi connectivity index (χ4n) is 3.31. The minimum absolute atomic E-state index is 0.168. The third-order valence-corrected chi connectivity index (χ3v) is 8.50. The Bertz CT molecular complexity index is 1440. The first-order chi connectivity index (χ1) is 16.1. The molecule has 0 saturated heterocycles. The molecule has 176 valence electrons. The van der Waals surface area contributed by atoms with Gasteiger partial charge < -0.3 is 5.32 Å². The van der Waals surface area contributed by atoms with Crippen molar-refractivity contribution in [3.8, 4) is 16.9 Å². The normalized spacial score (nSPS) is 11.7. The van der Waals surface area contributed by atoms with Crippen molar-refractivity contribution in [2.24, 2.45) is 0 Å². The van der Waals surface area contributed by atoms with Crippen LogP contribution in [0.5, 0.6) is 0 Å². The standard InChI is InChI=1S/C24H23FN4O3S2/c1-16-5-4-6-17(13-16)23-21(15-29(27-23)19-9-7-18(25)8-10-19)24(30)26-14-20-11-12-22(33-20)34(31,32)28(2)3/h4-13,15H,14H2,1-3H3,(H,26,30). The number of nitrogens with one attached hydrogen (secondary N) is 1. The van der Waals surface area contributed by atoms with Crippen LogP contribution in [-0.2, 0) is 16.6 Å². The number of halogens is 1. The van der Waals surface area contributed by atoms with Crippen LogP contribution in [0.2, 0.25) is 0 Å². The van der Waals surface area contributed by atoms with E-state index in [-0.39, 0.29) is 22.5 Å². The van der Waals surface area contributed by atoms with Crippen LogP contribution in [-0.4, -0.2) is 42.5 Å². The number of rotatable bonds is 7. The summed E-state index contributed by atoms with van der Waals surface area (Å²) in [6.45, 7) is 2.12. The van der Waals surface area contributed by atoms with Crippen molar-refractivity contribution in [2.45, 2.75) is 17.7 Å². The molecule has 10 heteroatoms. The van der Waals surface area contributed by atoms with Gasteiger partial charge in [0.25, 0.3) is 15.9 Å². The lowest BCUT2D eigenvalue weighted by Gasteiger charge is -2.08. The van der Waals surface area contributed by atoms with E-state index in [1.165, 1.54) is 32.3 Å². The second kappa shape index (κ2) is 9.49. The van der Waals surface area contributed by atoms with Gasteiger partial charge in [0.05, 0.1) is 17.8 Å². The summed E-state index contributed by atoms with van der Waals surface area (Å²) in [7, 11) is -0.576. The lowest BCUT2D eigenvalue weighted by Crippen LogP contribution is -2.22. The number of thiophene rings is 1. The first-order valence-corrected chi connectivity index (χ1v) is 12.6. The number of hydrogen-bond donors (Lipinski definition) is 1. The van der Waals surface area contributed by atoms with Crippen molar-refractivity contribution in [3.05, 3.63) is 88.7 Å². The molecule has 0 unspecified atom stereocenters. The molecule has 0 aliphatic heterocycles. The van der Waals surface area contributed by atoms with Crippen molar-refractivity contribution in [3.63, 3.8) is 0 Å². The monoisotopic (exact) mass is 498 g/mol. The van der Waals surface area contributed by atoms with Gasteiger partial charge in [-0.15, -0.1) is 11.3 Å². The molecule has 0 bridgehead atoms. The van der Waals surface area contributed by atoms with Crippen LogP contribution in [0.4, 0.5) is 4.39 Å². The third-order valence-electron chi connectivity index (χ3n) is 5.14. The van der Waals surface area contributed by atoms with Crippen molar-refractivity contribution in [2.75, 3.05) is 14.1 Å². The van der Waals surface area contributed by atoms with Gasteiger partial charge in [-0.25, -0.2) is 21.8 Å². The molecule has 7 nitrogen and oxygen atoms in total. The van der Waals surface area contributed by atoms with Crippen LogP contribution in [0, 0.1) is 12.7 Å². The summed E-state index contributed by atoms with van der Waals surface area (Å²) in [5.41, 5.74) is 3.27. The number of nitrogens with zero attached hydrogens (tertiary/aromatic N) is 3. The molecule has 4 aromatic rings. The quantitative estimate of drug-likeness (QED) is 0.413. The van der Waals surface area contributed by atoms with Crippen LogP contribution in [0.1, 0.15) is 20.8 Å². The van der Waals surface area contributed by atoms with Crippen molar-refractivity contribution >= 4 is 27.3 Å². The van der Waals surface area contributed by atoms with Gasteiger partial charge in [0.1, 0.15) is 15.7 Å². The zero-order valence-electron chi connectivity index (χ0n) is 18.8. The SMILES string of the molecule is Cc1cccc(-c2nn(-c3ccc(F)cc3)cc2C(=O)NCc2ccc(S(=O)(=O)N(C)C)s2)c1. The van der Waals surface area contributed by atoms with Gasteiger partial charge in [0.15, 0.2) is 0 Å². The Hall–Kier alpha value is -3.34. The predicted octanol–water partition coefficient (Wildman–Crippen LogP) is 4.23. The van der Waals surface area contributed by atoms with Gasteiger partial charge in [-0.2, -0.15) is 5.10 Å². The summed E-state index contributed by atoms with van der Waals surface area (Å²) in [6, 6.07) is 16.7. The molecule has 0 fully saturated rings. The van der Waals surface area contributed by atoms with Crippen LogP contribution >= 0.6 is 11.3 Å². The average molecular weight is 499 g/mol. The number of hydrogen-bond acceptors (Lipinski definition) is 5. The minimum atomic E-state index is -3.52. The fraction of sp³-hybridized carbons (Fsp3) is 0.167. The van der Waals surface area contributed by atoms with Crippen molar-refractivity contribution < 1.29 is 17.6 Å². The van der Waals surface area contributed by atoms with Gasteiger partial charge in [-0.05, 0) is 49.4 Å². The topological polar surface area (TPSA) is 84.3 Å². The molecule has 1 N–H and O–H groups in total. The molecule has 0 aliphatic rings.